The second-order valence-corrected chi connectivity index (χ2v) is 3.62. The number of nitrogens with zero attached hydrogens (tertiary/aromatic N) is 2. The lowest BCUT2D eigenvalue weighted by Gasteiger charge is -2.04. The summed E-state index contributed by atoms with van der Waals surface area (Å²) in [5.41, 5.74) is 2.15. The molecule has 0 unspecified atom stereocenters. The Morgan fingerprint density at radius 1 is 0.812 bits per heavy atom. The Bertz CT molecular complexity index is 612. The molecule has 0 amide bonds. The van der Waals surface area contributed by atoms with Gasteiger partial charge in [0.1, 0.15) is 0 Å². The summed E-state index contributed by atoms with van der Waals surface area (Å²) in [6, 6.07) is 14.2. The highest BCUT2D eigenvalue weighted by Gasteiger charge is 2.03. The SMILES string of the molecule is c1ccc(-c2cccc3cnccc23)nc1. The molecule has 0 N–H and O–H groups in total. The van der Waals surface area contributed by atoms with Crippen LogP contribution < -0.4 is 0 Å². The van der Waals surface area contributed by atoms with Crippen molar-refractivity contribution in [2.75, 3.05) is 0 Å². The van der Waals surface area contributed by atoms with Gasteiger partial charge in [-0.3, -0.25) is 9.97 Å². The second-order valence-electron chi connectivity index (χ2n) is 3.62. The molecule has 0 radical (unpaired) electrons. The van der Waals surface area contributed by atoms with E-state index in [2.05, 4.69) is 22.1 Å². The smallest absolute Gasteiger partial charge is 0.0708 e. The van der Waals surface area contributed by atoms with Crippen molar-refractivity contribution < 1.29 is 0 Å². The van der Waals surface area contributed by atoms with E-state index in [0.29, 0.717) is 0 Å². The lowest BCUT2D eigenvalue weighted by molar-refractivity contribution is 1.33. The van der Waals surface area contributed by atoms with E-state index < -0.39 is 0 Å². The lowest BCUT2D eigenvalue weighted by atomic mass is 10.0. The van der Waals surface area contributed by atoms with Gasteiger partial charge in [-0.2, -0.15) is 0 Å². The number of rotatable bonds is 1. The summed E-state index contributed by atoms with van der Waals surface area (Å²) in [6.07, 6.45) is 5.51. The summed E-state index contributed by atoms with van der Waals surface area (Å²) in [6.45, 7) is 0. The molecule has 2 heteroatoms. The van der Waals surface area contributed by atoms with Crippen LogP contribution >= 0.6 is 0 Å². The highest BCUT2D eigenvalue weighted by atomic mass is 14.7. The lowest BCUT2D eigenvalue weighted by Crippen LogP contribution is -1.84. The average Bonchev–Trinajstić information content (AvgIpc) is 2.39. The van der Waals surface area contributed by atoms with Crippen molar-refractivity contribution in [3.8, 4) is 11.3 Å². The van der Waals surface area contributed by atoms with Gasteiger partial charge in [0.2, 0.25) is 0 Å². The molecule has 0 saturated heterocycles. The van der Waals surface area contributed by atoms with Crippen LogP contribution in [0.15, 0.2) is 61.1 Å². The maximum absolute atomic E-state index is 4.38. The van der Waals surface area contributed by atoms with Gasteiger partial charge in [-0.25, -0.2) is 0 Å². The molecule has 2 nitrogen and oxygen atoms in total. The van der Waals surface area contributed by atoms with Crippen LogP contribution in [0.1, 0.15) is 0 Å². The molecule has 1 aromatic carbocycles. The Balaban J connectivity index is 2.32. The maximum Gasteiger partial charge on any atom is 0.0708 e. The fourth-order valence-electron chi connectivity index (χ4n) is 1.87. The number of pyridine rings is 2. The van der Waals surface area contributed by atoms with Crippen molar-refractivity contribution in [1.82, 2.24) is 9.97 Å². The number of aromatic nitrogens is 2. The number of benzene rings is 1. The zero-order valence-electron chi connectivity index (χ0n) is 8.67. The van der Waals surface area contributed by atoms with E-state index in [4.69, 9.17) is 0 Å². The molecule has 0 spiro atoms. The topological polar surface area (TPSA) is 25.8 Å². The number of fused-ring (bicyclic) bond motifs is 1. The van der Waals surface area contributed by atoms with E-state index >= 15 is 0 Å². The van der Waals surface area contributed by atoms with Crippen molar-refractivity contribution in [3.05, 3.63) is 61.1 Å². The van der Waals surface area contributed by atoms with Gasteiger partial charge in [-0.15, -0.1) is 0 Å². The van der Waals surface area contributed by atoms with Crippen LogP contribution in [-0.4, -0.2) is 9.97 Å². The Morgan fingerprint density at radius 2 is 1.81 bits per heavy atom. The van der Waals surface area contributed by atoms with Crippen molar-refractivity contribution in [2.45, 2.75) is 0 Å². The van der Waals surface area contributed by atoms with Crippen LogP contribution in [0.2, 0.25) is 0 Å². The van der Waals surface area contributed by atoms with E-state index in [0.717, 1.165) is 16.6 Å². The predicted octanol–water partition coefficient (Wildman–Crippen LogP) is 3.30. The zero-order valence-corrected chi connectivity index (χ0v) is 8.67. The average molecular weight is 206 g/mol. The summed E-state index contributed by atoms with van der Waals surface area (Å²) < 4.78 is 0. The van der Waals surface area contributed by atoms with E-state index in [-0.39, 0.29) is 0 Å². The van der Waals surface area contributed by atoms with Crippen LogP contribution in [0.3, 0.4) is 0 Å². The first kappa shape index (κ1) is 9.04. The van der Waals surface area contributed by atoms with Crippen LogP contribution in [0, 0.1) is 0 Å². The van der Waals surface area contributed by atoms with Gasteiger partial charge in [-0.05, 0) is 23.6 Å². The van der Waals surface area contributed by atoms with Gasteiger partial charge in [0.25, 0.3) is 0 Å². The molecule has 0 aliphatic heterocycles. The van der Waals surface area contributed by atoms with E-state index in [1.54, 1.807) is 0 Å². The first-order chi connectivity index (χ1) is 7.95. The van der Waals surface area contributed by atoms with Crippen molar-refractivity contribution in [1.29, 1.82) is 0 Å². The zero-order chi connectivity index (χ0) is 10.8. The van der Waals surface area contributed by atoms with E-state index in [1.807, 2.05) is 48.9 Å². The van der Waals surface area contributed by atoms with Crippen LogP contribution in [0.25, 0.3) is 22.0 Å². The Labute approximate surface area is 93.6 Å². The summed E-state index contributed by atoms with van der Waals surface area (Å²) in [5, 5.41) is 2.34. The van der Waals surface area contributed by atoms with E-state index in [1.165, 1.54) is 5.39 Å². The first-order valence-electron chi connectivity index (χ1n) is 5.19. The van der Waals surface area contributed by atoms with Crippen LogP contribution in [0.5, 0.6) is 0 Å². The van der Waals surface area contributed by atoms with Crippen molar-refractivity contribution in [3.63, 3.8) is 0 Å². The van der Waals surface area contributed by atoms with Gasteiger partial charge >= 0.3 is 0 Å². The van der Waals surface area contributed by atoms with Crippen LogP contribution in [-0.2, 0) is 0 Å². The highest BCUT2D eigenvalue weighted by Crippen LogP contribution is 2.25. The fourth-order valence-corrected chi connectivity index (χ4v) is 1.87. The third kappa shape index (κ3) is 1.44. The van der Waals surface area contributed by atoms with Gasteiger partial charge in [0.15, 0.2) is 0 Å². The molecule has 0 atom stereocenters. The van der Waals surface area contributed by atoms with Crippen molar-refractivity contribution in [2.24, 2.45) is 0 Å². The molecule has 0 aliphatic carbocycles. The molecule has 3 rings (SSSR count). The first-order valence-corrected chi connectivity index (χ1v) is 5.19. The summed E-state index contributed by atoms with van der Waals surface area (Å²) in [5.74, 6) is 0. The normalized spacial score (nSPS) is 10.5. The molecule has 16 heavy (non-hydrogen) atoms. The molecule has 0 aliphatic rings. The van der Waals surface area contributed by atoms with Gasteiger partial charge in [0, 0.05) is 29.5 Å². The molecule has 0 saturated carbocycles. The quantitative estimate of drug-likeness (QED) is 0.610. The third-order valence-corrected chi connectivity index (χ3v) is 2.62. The summed E-state index contributed by atoms with van der Waals surface area (Å²) in [4.78, 5) is 8.51. The third-order valence-electron chi connectivity index (χ3n) is 2.62. The fraction of sp³-hybridized carbons (Fsp3) is 0. The van der Waals surface area contributed by atoms with Gasteiger partial charge < -0.3 is 0 Å². The van der Waals surface area contributed by atoms with Crippen molar-refractivity contribution >= 4 is 10.8 Å². The highest BCUT2D eigenvalue weighted by molar-refractivity contribution is 5.95. The minimum atomic E-state index is 0.999. The second kappa shape index (κ2) is 3.74. The van der Waals surface area contributed by atoms with Crippen LogP contribution in [0.4, 0.5) is 0 Å². The summed E-state index contributed by atoms with van der Waals surface area (Å²) in [7, 11) is 0. The molecule has 2 heterocycles. The minimum absolute atomic E-state index is 0.999. The number of hydrogen-bond donors (Lipinski definition) is 0. The minimum Gasteiger partial charge on any atom is -0.264 e. The summed E-state index contributed by atoms with van der Waals surface area (Å²) >= 11 is 0. The molecule has 0 bridgehead atoms. The Morgan fingerprint density at radius 3 is 2.69 bits per heavy atom. The molecule has 2 aromatic heterocycles. The largest absolute Gasteiger partial charge is 0.264 e. The predicted molar refractivity (Wildman–Crippen MR) is 65.0 cm³/mol. The van der Waals surface area contributed by atoms with E-state index in [9.17, 15) is 0 Å². The maximum atomic E-state index is 4.38. The molecule has 0 fully saturated rings. The molecule has 76 valence electrons. The monoisotopic (exact) mass is 206 g/mol. The number of hydrogen-bond acceptors (Lipinski definition) is 2. The molecular weight excluding hydrogens is 196 g/mol. The Hall–Kier alpha value is -2.22. The molecule has 3 aromatic rings. The molecular formula is C14H10N2. The Kier molecular flexibility index (Phi) is 2.11. The standard InChI is InChI=1S/C14H10N2/c1-2-8-16-14(6-1)13-5-3-4-11-10-15-9-7-12(11)13/h1-10H. The van der Waals surface area contributed by atoms with Gasteiger partial charge in [-0.1, -0.05) is 24.3 Å². The van der Waals surface area contributed by atoms with Gasteiger partial charge in [0.05, 0.1) is 5.69 Å².